The number of nitrogens with one attached hydrogen (secondary N) is 1. The van der Waals surface area contributed by atoms with Crippen molar-refractivity contribution < 1.29 is 26.7 Å². The van der Waals surface area contributed by atoms with E-state index in [0.717, 1.165) is 12.1 Å². The molecule has 0 atom stereocenters. The molecular weight excluding hydrogens is 306 g/mol. The summed E-state index contributed by atoms with van der Waals surface area (Å²) >= 11 is 0. The van der Waals surface area contributed by atoms with Crippen LogP contribution in [0.1, 0.15) is 17.3 Å². The Morgan fingerprint density at radius 2 is 1.90 bits per heavy atom. The van der Waals surface area contributed by atoms with E-state index in [2.05, 4.69) is 0 Å². The van der Waals surface area contributed by atoms with Gasteiger partial charge in [-0.3, -0.25) is 0 Å². The molecule has 0 amide bonds. The first-order chi connectivity index (χ1) is 9.72. The molecule has 0 radical (unpaired) electrons. The largest absolute Gasteiger partial charge is 0.462 e. The first-order valence-electron chi connectivity index (χ1n) is 6.06. The summed E-state index contributed by atoms with van der Waals surface area (Å²) in [7, 11) is -4.10. The first kappa shape index (κ1) is 17.5. The minimum absolute atomic E-state index is 0.170. The fourth-order valence-electron chi connectivity index (χ4n) is 1.34. The first-order valence-corrected chi connectivity index (χ1v) is 7.55. The molecule has 1 rings (SSSR count). The van der Waals surface area contributed by atoms with Gasteiger partial charge in [0, 0.05) is 0 Å². The third-order valence-corrected chi connectivity index (χ3v) is 3.91. The molecule has 0 heterocycles. The quantitative estimate of drug-likeness (QED) is 0.721. The van der Waals surface area contributed by atoms with Gasteiger partial charge in [0.2, 0.25) is 10.0 Å². The number of halogens is 2. The van der Waals surface area contributed by atoms with Crippen LogP contribution < -0.4 is 10.5 Å². The molecule has 1 aromatic carbocycles. The van der Waals surface area contributed by atoms with Crippen LogP contribution in [-0.2, 0) is 14.8 Å². The molecule has 21 heavy (non-hydrogen) atoms. The Balaban J connectivity index is 2.83. The van der Waals surface area contributed by atoms with Gasteiger partial charge in [0.25, 0.3) is 5.92 Å². The highest BCUT2D eigenvalue weighted by atomic mass is 32.2. The molecule has 0 aliphatic heterocycles. The molecule has 0 fully saturated rings. The van der Waals surface area contributed by atoms with E-state index in [1.165, 1.54) is 12.1 Å². The Hall–Kier alpha value is -1.58. The van der Waals surface area contributed by atoms with Crippen molar-refractivity contribution >= 4 is 16.0 Å². The van der Waals surface area contributed by atoms with Gasteiger partial charge in [0.1, 0.15) is 0 Å². The highest BCUT2D eigenvalue weighted by Crippen LogP contribution is 2.14. The summed E-state index contributed by atoms with van der Waals surface area (Å²) in [6.45, 7) is -0.227. The van der Waals surface area contributed by atoms with E-state index in [9.17, 15) is 22.0 Å². The van der Waals surface area contributed by atoms with Crippen LogP contribution in [0.2, 0.25) is 0 Å². The van der Waals surface area contributed by atoms with Gasteiger partial charge in [-0.2, -0.15) is 0 Å². The van der Waals surface area contributed by atoms with Crippen molar-refractivity contribution in [1.82, 2.24) is 4.72 Å². The van der Waals surface area contributed by atoms with E-state index in [1.807, 2.05) is 0 Å². The van der Waals surface area contributed by atoms with Crippen LogP contribution in [0, 0.1) is 0 Å². The molecule has 0 aliphatic carbocycles. The number of carbonyl (C=O) groups excluding carboxylic acids is 1. The molecule has 0 saturated carbocycles. The van der Waals surface area contributed by atoms with Crippen molar-refractivity contribution in [2.24, 2.45) is 5.73 Å². The lowest BCUT2D eigenvalue weighted by Crippen LogP contribution is -2.41. The minimum atomic E-state index is -4.10. The van der Waals surface area contributed by atoms with Crippen LogP contribution in [-0.4, -0.2) is 40.0 Å². The number of sulfonamides is 1. The Bertz CT molecular complexity index is 588. The second-order valence-electron chi connectivity index (χ2n) is 4.13. The molecule has 9 heteroatoms. The predicted octanol–water partition coefficient (Wildman–Crippen LogP) is 0.736. The van der Waals surface area contributed by atoms with E-state index < -0.39 is 35.0 Å². The lowest BCUT2D eigenvalue weighted by atomic mass is 10.2. The number of nitrogens with two attached hydrogens (primary N) is 1. The highest BCUT2D eigenvalue weighted by Gasteiger charge is 2.29. The summed E-state index contributed by atoms with van der Waals surface area (Å²) in [6, 6.07) is 4.76. The Kier molecular flexibility index (Phi) is 5.76. The van der Waals surface area contributed by atoms with Crippen LogP contribution >= 0.6 is 0 Å². The Labute approximate surface area is 121 Å². The summed E-state index contributed by atoms with van der Waals surface area (Å²) in [4.78, 5) is 11.2. The molecule has 0 saturated heterocycles. The zero-order valence-corrected chi connectivity index (χ0v) is 12.1. The van der Waals surface area contributed by atoms with Gasteiger partial charge in [0.05, 0.1) is 30.2 Å². The van der Waals surface area contributed by atoms with Crippen molar-refractivity contribution in [2.45, 2.75) is 17.7 Å². The predicted molar refractivity (Wildman–Crippen MR) is 71.6 cm³/mol. The van der Waals surface area contributed by atoms with Crippen molar-refractivity contribution in [3.8, 4) is 0 Å². The number of esters is 1. The van der Waals surface area contributed by atoms with E-state index in [1.54, 1.807) is 11.6 Å². The number of hydrogen-bond acceptors (Lipinski definition) is 5. The number of rotatable bonds is 7. The molecular formula is C12H16F2N2O4S. The molecule has 0 bridgehead atoms. The lowest BCUT2D eigenvalue weighted by molar-refractivity contribution is 0.0170. The average Bonchev–Trinajstić information content (AvgIpc) is 2.46. The van der Waals surface area contributed by atoms with Gasteiger partial charge in [-0.05, 0) is 31.2 Å². The Morgan fingerprint density at radius 3 is 2.38 bits per heavy atom. The molecule has 3 N–H and O–H groups in total. The smallest absolute Gasteiger partial charge is 0.338 e. The highest BCUT2D eigenvalue weighted by molar-refractivity contribution is 7.89. The normalized spacial score (nSPS) is 12.2. The van der Waals surface area contributed by atoms with Crippen molar-refractivity contribution in [3.63, 3.8) is 0 Å². The molecule has 0 aromatic heterocycles. The topological polar surface area (TPSA) is 98.5 Å². The van der Waals surface area contributed by atoms with Gasteiger partial charge >= 0.3 is 5.97 Å². The molecule has 118 valence electrons. The van der Waals surface area contributed by atoms with Crippen molar-refractivity contribution in [1.29, 1.82) is 0 Å². The van der Waals surface area contributed by atoms with Crippen LogP contribution in [0.4, 0.5) is 8.78 Å². The van der Waals surface area contributed by atoms with Crippen LogP contribution in [0.15, 0.2) is 29.2 Å². The zero-order chi connectivity index (χ0) is 16.1. The van der Waals surface area contributed by atoms with E-state index in [4.69, 9.17) is 10.5 Å². The average molecular weight is 322 g/mol. The summed E-state index contributed by atoms with van der Waals surface area (Å²) in [5.74, 6) is -3.91. The van der Waals surface area contributed by atoms with Crippen LogP contribution in [0.25, 0.3) is 0 Å². The fourth-order valence-corrected chi connectivity index (χ4v) is 2.40. The summed E-state index contributed by atoms with van der Waals surface area (Å²) in [5, 5.41) is 0. The maximum absolute atomic E-state index is 12.9. The second-order valence-corrected chi connectivity index (χ2v) is 5.90. The minimum Gasteiger partial charge on any atom is -0.462 e. The third-order valence-electron chi connectivity index (χ3n) is 2.50. The van der Waals surface area contributed by atoms with Crippen LogP contribution in [0.3, 0.4) is 0 Å². The van der Waals surface area contributed by atoms with Gasteiger partial charge < -0.3 is 10.5 Å². The zero-order valence-electron chi connectivity index (χ0n) is 11.3. The van der Waals surface area contributed by atoms with Gasteiger partial charge in [-0.15, -0.1) is 0 Å². The molecule has 0 unspecified atom stereocenters. The molecule has 0 spiro atoms. The maximum Gasteiger partial charge on any atom is 0.338 e. The third kappa shape index (κ3) is 5.03. The van der Waals surface area contributed by atoms with Gasteiger partial charge in [-0.25, -0.2) is 26.7 Å². The maximum atomic E-state index is 12.9. The SMILES string of the molecule is CCOC(=O)c1ccc(S(=O)(=O)NCC(F)(F)CN)cc1. The summed E-state index contributed by atoms with van der Waals surface area (Å²) in [6.07, 6.45) is 0. The molecule has 0 aliphatic rings. The summed E-state index contributed by atoms with van der Waals surface area (Å²) in [5.41, 5.74) is 4.99. The molecule has 6 nitrogen and oxygen atoms in total. The van der Waals surface area contributed by atoms with E-state index >= 15 is 0 Å². The van der Waals surface area contributed by atoms with Crippen LogP contribution in [0.5, 0.6) is 0 Å². The van der Waals surface area contributed by atoms with Crippen molar-refractivity contribution in [3.05, 3.63) is 29.8 Å². The lowest BCUT2D eigenvalue weighted by Gasteiger charge is -2.14. The monoisotopic (exact) mass is 322 g/mol. The number of benzene rings is 1. The number of carbonyl (C=O) groups is 1. The van der Waals surface area contributed by atoms with Gasteiger partial charge in [-0.1, -0.05) is 0 Å². The molecule has 1 aromatic rings. The van der Waals surface area contributed by atoms with Crippen molar-refractivity contribution in [2.75, 3.05) is 19.7 Å². The number of hydrogen-bond donors (Lipinski definition) is 2. The standard InChI is InChI=1S/C12H16F2N2O4S/c1-2-20-11(17)9-3-5-10(6-4-9)21(18,19)16-8-12(13,14)7-15/h3-6,16H,2,7-8,15H2,1H3. The van der Waals surface area contributed by atoms with E-state index in [-0.39, 0.29) is 17.1 Å². The summed E-state index contributed by atoms with van der Waals surface area (Å²) < 4.78 is 56.0. The number of ether oxygens (including phenoxy) is 1. The van der Waals surface area contributed by atoms with E-state index in [0.29, 0.717) is 0 Å². The Morgan fingerprint density at radius 1 is 1.33 bits per heavy atom. The second kappa shape index (κ2) is 6.92. The van der Waals surface area contributed by atoms with Gasteiger partial charge in [0.15, 0.2) is 0 Å². The number of alkyl halides is 2. The fraction of sp³-hybridized carbons (Fsp3) is 0.417.